The quantitative estimate of drug-likeness (QED) is 0.328. The van der Waals surface area contributed by atoms with Crippen molar-refractivity contribution in [3.05, 3.63) is 48.6 Å². The molecule has 0 bridgehead atoms. The van der Waals surface area contributed by atoms with Gasteiger partial charge in [-0.05, 0) is 63.8 Å². The Hall–Kier alpha value is -3.17. The molecule has 1 aromatic rings. The second-order valence-electron chi connectivity index (χ2n) is 11.4. The van der Waals surface area contributed by atoms with Gasteiger partial charge >= 0.3 is 0 Å². The molecule has 9 heteroatoms. The van der Waals surface area contributed by atoms with Crippen molar-refractivity contribution >= 4 is 29.1 Å². The first kappa shape index (κ1) is 29.3. The van der Waals surface area contributed by atoms with E-state index >= 15 is 0 Å². The first-order chi connectivity index (χ1) is 19.9. The molecule has 0 aliphatic carbocycles. The van der Waals surface area contributed by atoms with Gasteiger partial charge in [0.05, 0.1) is 17.9 Å². The molecule has 4 aliphatic rings. The Labute approximate surface area is 243 Å². The third-order valence-electron chi connectivity index (χ3n) is 9.08. The highest BCUT2D eigenvalue weighted by atomic mass is 16.5. The highest BCUT2D eigenvalue weighted by molar-refractivity contribution is 6.05. The molecule has 4 heterocycles. The average Bonchev–Trinajstić information content (AvgIpc) is 3.29. The van der Waals surface area contributed by atoms with Crippen LogP contribution in [0.15, 0.2) is 48.6 Å². The van der Waals surface area contributed by atoms with Gasteiger partial charge in [-0.25, -0.2) is 0 Å². The molecule has 0 aromatic heterocycles. The summed E-state index contributed by atoms with van der Waals surface area (Å²) in [6.45, 7) is 9.97. The maximum absolute atomic E-state index is 14.5. The number of likely N-dealkylation sites (tertiary alicyclic amines) is 1. The molecule has 1 N–H and O–H groups in total. The van der Waals surface area contributed by atoms with Crippen molar-refractivity contribution in [3.8, 4) is 0 Å². The largest absolute Gasteiger partial charge is 0.396 e. The Balaban J connectivity index is 1.52. The molecule has 9 nitrogen and oxygen atoms in total. The zero-order chi connectivity index (χ0) is 29.1. The van der Waals surface area contributed by atoms with Crippen LogP contribution in [0.3, 0.4) is 0 Å². The van der Waals surface area contributed by atoms with Crippen LogP contribution in [0.25, 0.3) is 0 Å². The number of hydrogen-bond acceptors (Lipinski definition) is 6. The van der Waals surface area contributed by atoms with Crippen LogP contribution < -0.4 is 9.80 Å². The summed E-state index contributed by atoms with van der Waals surface area (Å²) in [6, 6.07) is 7.12. The zero-order valence-electron chi connectivity index (χ0n) is 24.6. The van der Waals surface area contributed by atoms with E-state index < -0.39 is 29.6 Å². The maximum atomic E-state index is 14.5. The molecular weight excluding hydrogens is 520 g/mol. The smallest absolute Gasteiger partial charge is 0.253 e. The number of hydrogen-bond donors (Lipinski definition) is 1. The lowest BCUT2D eigenvalue weighted by Crippen LogP contribution is -2.55. The van der Waals surface area contributed by atoms with Crippen LogP contribution in [-0.2, 0) is 19.1 Å². The summed E-state index contributed by atoms with van der Waals surface area (Å²) in [5, 5.41) is 9.28. The number of aliphatic hydroxyl groups excluding tert-OH is 1. The van der Waals surface area contributed by atoms with Crippen molar-refractivity contribution in [1.29, 1.82) is 0 Å². The number of benzene rings is 1. The van der Waals surface area contributed by atoms with Gasteiger partial charge in [-0.15, -0.1) is 0 Å². The number of carbonyl (C=O) groups is 3. The summed E-state index contributed by atoms with van der Waals surface area (Å²) in [5.74, 6) is -1.90. The summed E-state index contributed by atoms with van der Waals surface area (Å²) in [4.78, 5) is 50.1. The van der Waals surface area contributed by atoms with Gasteiger partial charge < -0.3 is 29.4 Å². The number of fused-ring (bicyclic) bond motifs is 2. The third-order valence-corrected chi connectivity index (χ3v) is 9.08. The van der Waals surface area contributed by atoms with E-state index in [4.69, 9.17) is 4.74 Å². The molecule has 4 aliphatic heterocycles. The normalized spacial score (nSPS) is 29.0. The fraction of sp³-hybridized carbons (Fsp3) is 0.594. The maximum Gasteiger partial charge on any atom is 0.253 e. The Bertz CT molecular complexity index is 1180. The number of rotatable bonds is 11. The van der Waals surface area contributed by atoms with Crippen molar-refractivity contribution in [2.45, 2.75) is 64.2 Å². The SMILES string of the molecule is CCCN1CC=C[C@@H]2O[C@]34C=CCN(c5ccc(N(CC)CC)cc5)C(=O)C3N(CCCCCO)C(=O)[C@@H]4[C@@H]2C1=O. The minimum atomic E-state index is -1.22. The Morgan fingerprint density at radius 3 is 2.37 bits per heavy atom. The standard InChI is InChI=1S/C32H44N4O5/c1-4-18-34-19-10-12-25-26(29(34)38)27-30(39)36(20-8-7-9-22-37)28-31(40)35(21-11-17-32(27,28)41-25)24-15-13-23(14-16-24)33(5-2)6-3/h10-17,25-28,37H,4-9,18-22H2,1-3H3/t25-,26+,27-,28?,32-/m0/s1. The molecule has 2 saturated heterocycles. The summed E-state index contributed by atoms with van der Waals surface area (Å²) in [7, 11) is 0. The van der Waals surface area contributed by atoms with Crippen molar-refractivity contribution in [3.63, 3.8) is 0 Å². The molecule has 3 amide bonds. The topological polar surface area (TPSA) is 93.6 Å². The fourth-order valence-electron chi connectivity index (χ4n) is 7.13. The number of nitrogens with zero attached hydrogens (tertiary/aromatic N) is 4. The molecule has 0 radical (unpaired) electrons. The second-order valence-corrected chi connectivity index (χ2v) is 11.4. The second kappa shape index (κ2) is 12.4. The third kappa shape index (κ3) is 5.07. The van der Waals surface area contributed by atoms with E-state index in [9.17, 15) is 19.5 Å². The molecular formula is C32H44N4O5. The molecule has 5 rings (SSSR count). The molecule has 0 saturated carbocycles. The van der Waals surface area contributed by atoms with Gasteiger partial charge in [0.25, 0.3) is 5.91 Å². The van der Waals surface area contributed by atoms with Gasteiger partial charge in [0, 0.05) is 57.3 Å². The lowest BCUT2D eigenvalue weighted by molar-refractivity contribution is -0.144. The minimum absolute atomic E-state index is 0.0769. The lowest BCUT2D eigenvalue weighted by atomic mass is 9.77. The molecule has 1 unspecified atom stereocenters. The van der Waals surface area contributed by atoms with E-state index in [0.717, 1.165) is 37.3 Å². The number of anilines is 2. The van der Waals surface area contributed by atoms with Crippen LogP contribution in [-0.4, -0.2) is 96.3 Å². The van der Waals surface area contributed by atoms with E-state index in [1.165, 1.54) is 0 Å². The summed E-state index contributed by atoms with van der Waals surface area (Å²) < 4.78 is 6.72. The number of ether oxygens (including phenoxy) is 1. The van der Waals surface area contributed by atoms with E-state index in [1.54, 1.807) is 9.80 Å². The summed E-state index contributed by atoms with van der Waals surface area (Å²) in [6.07, 6.45) is 9.98. The monoisotopic (exact) mass is 564 g/mol. The van der Waals surface area contributed by atoms with Crippen molar-refractivity contribution in [2.75, 3.05) is 55.7 Å². The summed E-state index contributed by atoms with van der Waals surface area (Å²) in [5.41, 5.74) is 0.642. The number of amides is 3. The van der Waals surface area contributed by atoms with Crippen LogP contribution in [0.1, 0.15) is 46.5 Å². The molecule has 41 heavy (non-hydrogen) atoms. The van der Waals surface area contributed by atoms with E-state index in [2.05, 4.69) is 18.7 Å². The summed E-state index contributed by atoms with van der Waals surface area (Å²) >= 11 is 0. The lowest BCUT2D eigenvalue weighted by Gasteiger charge is -2.35. The van der Waals surface area contributed by atoms with Crippen LogP contribution in [0.5, 0.6) is 0 Å². The Morgan fingerprint density at radius 2 is 1.68 bits per heavy atom. The molecule has 222 valence electrons. The average molecular weight is 565 g/mol. The number of aliphatic hydroxyl groups is 1. The minimum Gasteiger partial charge on any atom is -0.396 e. The van der Waals surface area contributed by atoms with Gasteiger partial charge in [-0.2, -0.15) is 0 Å². The molecule has 1 aromatic carbocycles. The van der Waals surface area contributed by atoms with Gasteiger partial charge in [-0.1, -0.05) is 31.2 Å². The van der Waals surface area contributed by atoms with Crippen LogP contribution >= 0.6 is 0 Å². The van der Waals surface area contributed by atoms with Crippen LogP contribution in [0.2, 0.25) is 0 Å². The van der Waals surface area contributed by atoms with E-state index in [1.807, 2.05) is 60.4 Å². The van der Waals surface area contributed by atoms with Gasteiger partial charge in [0.1, 0.15) is 11.6 Å². The van der Waals surface area contributed by atoms with Crippen molar-refractivity contribution in [2.24, 2.45) is 11.8 Å². The van der Waals surface area contributed by atoms with Gasteiger partial charge in [0.15, 0.2) is 0 Å². The highest BCUT2D eigenvalue weighted by Crippen LogP contribution is 2.53. The number of carbonyl (C=O) groups excluding carboxylic acids is 3. The number of unbranched alkanes of at least 4 members (excludes halogenated alkanes) is 2. The van der Waals surface area contributed by atoms with Crippen LogP contribution in [0, 0.1) is 11.8 Å². The first-order valence-electron chi connectivity index (χ1n) is 15.3. The predicted molar refractivity (Wildman–Crippen MR) is 159 cm³/mol. The Kier molecular flexibility index (Phi) is 8.85. The predicted octanol–water partition coefficient (Wildman–Crippen LogP) is 2.99. The van der Waals surface area contributed by atoms with Crippen molar-refractivity contribution in [1.82, 2.24) is 9.80 Å². The molecule has 2 fully saturated rings. The first-order valence-corrected chi connectivity index (χ1v) is 15.3. The van der Waals surface area contributed by atoms with E-state index in [0.29, 0.717) is 39.0 Å². The molecule has 1 spiro atoms. The Morgan fingerprint density at radius 1 is 0.927 bits per heavy atom. The van der Waals surface area contributed by atoms with Crippen LogP contribution in [0.4, 0.5) is 11.4 Å². The zero-order valence-corrected chi connectivity index (χ0v) is 24.6. The fourth-order valence-corrected chi connectivity index (χ4v) is 7.13. The molecule has 5 atom stereocenters. The van der Waals surface area contributed by atoms with E-state index in [-0.39, 0.29) is 24.3 Å². The highest BCUT2D eigenvalue weighted by Gasteiger charge is 2.71. The van der Waals surface area contributed by atoms with Gasteiger partial charge in [-0.3, -0.25) is 14.4 Å². The van der Waals surface area contributed by atoms with Crippen molar-refractivity contribution < 1.29 is 24.2 Å². The van der Waals surface area contributed by atoms with Gasteiger partial charge in [0.2, 0.25) is 11.8 Å².